The Morgan fingerprint density at radius 3 is 2.69 bits per heavy atom. The SMILES string of the molecule is CC[C@@H](C)[C@@H](NC(=O)CSc1nnc2c3ccccc3n(CC)c2n1)C(=O)OC. The Kier molecular flexibility index (Phi) is 6.68. The van der Waals surface area contributed by atoms with E-state index >= 15 is 0 Å². The smallest absolute Gasteiger partial charge is 0.328 e. The molecule has 1 aromatic carbocycles. The number of hydrogen-bond acceptors (Lipinski definition) is 7. The monoisotopic (exact) mass is 415 g/mol. The number of ether oxygens (including phenoxy) is 1. The van der Waals surface area contributed by atoms with Crippen molar-refractivity contribution in [2.24, 2.45) is 5.92 Å². The maximum atomic E-state index is 12.4. The Labute approximate surface area is 173 Å². The molecule has 0 aliphatic heterocycles. The van der Waals surface area contributed by atoms with Crippen molar-refractivity contribution >= 4 is 45.7 Å². The largest absolute Gasteiger partial charge is 0.467 e. The third-order valence-corrected chi connectivity index (χ3v) is 5.83. The third-order valence-electron chi connectivity index (χ3n) is 4.99. The highest BCUT2D eigenvalue weighted by Gasteiger charge is 2.26. The van der Waals surface area contributed by atoms with Gasteiger partial charge in [-0.25, -0.2) is 9.78 Å². The molecule has 0 fully saturated rings. The van der Waals surface area contributed by atoms with E-state index in [-0.39, 0.29) is 17.6 Å². The summed E-state index contributed by atoms with van der Waals surface area (Å²) in [6.07, 6.45) is 0.748. The van der Waals surface area contributed by atoms with Crippen molar-refractivity contribution in [3.63, 3.8) is 0 Å². The first-order chi connectivity index (χ1) is 14.0. The molecular weight excluding hydrogens is 390 g/mol. The number of para-hydroxylation sites is 1. The number of fused-ring (bicyclic) bond motifs is 3. The van der Waals surface area contributed by atoms with E-state index < -0.39 is 12.0 Å². The number of aryl methyl sites for hydroxylation is 1. The summed E-state index contributed by atoms with van der Waals surface area (Å²) >= 11 is 1.19. The number of nitrogens with zero attached hydrogens (tertiary/aromatic N) is 4. The van der Waals surface area contributed by atoms with Crippen molar-refractivity contribution in [3.05, 3.63) is 24.3 Å². The van der Waals surface area contributed by atoms with Crippen LogP contribution in [0.3, 0.4) is 0 Å². The lowest BCUT2D eigenvalue weighted by Crippen LogP contribution is -2.46. The molecule has 2 heterocycles. The fraction of sp³-hybridized carbons (Fsp3) is 0.450. The molecule has 0 spiro atoms. The lowest BCUT2D eigenvalue weighted by molar-refractivity contribution is -0.146. The summed E-state index contributed by atoms with van der Waals surface area (Å²) in [6.45, 7) is 6.67. The van der Waals surface area contributed by atoms with Gasteiger partial charge >= 0.3 is 5.97 Å². The highest BCUT2D eigenvalue weighted by atomic mass is 32.2. The highest BCUT2D eigenvalue weighted by molar-refractivity contribution is 7.99. The summed E-state index contributed by atoms with van der Waals surface area (Å²) in [7, 11) is 1.32. The van der Waals surface area contributed by atoms with E-state index in [0.717, 1.165) is 35.0 Å². The Hall–Kier alpha value is -2.68. The summed E-state index contributed by atoms with van der Waals surface area (Å²) in [6, 6.07) is 7.32. The van der Waals surface area contributed by atoms with Gasteiger partial charge < -0.3 is 14.6 Å². The molecule has 3 rings (SSSR count). The van der Waals surface area contributed by atoms with Crippen LogP contribution in [0.5, 0.6) is 0 Å². The van der Waals surface area contributed by atoms with E-state index in [2.05, 4.69) is 32.0 Å². The summed E-state index contributed by atoms with van der Waals surface area (Å²) in [5.41, 5.74) is 2.55. The number of nitrogens with one attached hydrogen (secondary N) is 1. The standard InChI is InChI=1S/C20H25N5O3S/c1-5-12(3)16(19(27)28-4)21-15(26)11-29-20-22-18-17(23-24-20)13-9-7-8-10-14(13)25(18)6-2/h7-10,12,16H,5-6,11H2,1-4H3,(H,21,26)/t12-,16-/m1/s1. The molecule has 29 heavy (non-hydrogen) atoms. The minimum Gasteiger partial charge on any atom is -0.467 e. The molecular formula is C20H25N5O3S. The Morgan fingerprint density at radius 2 is 2.00 bits per heavy atom. The number of carbonyl (C=O) groups excluding carboxylic acids is 2. The lowest BCUT2D eigenvalue weighted by Gasteiger charge is -2.21. The molecule has 3 aromatic rings. The number of rotatable bonds is 8. The topological polar surface area (TPSA) is 99.0 Å². The molecule has 0 saturated carbocycles. The first-order valence-corrected chi connectivity index (χ1v) is 10.6. The van der Waals surface area contributed by atoms with Crippen LogP contribution in [-0.4, -0.2) is 50.5 Å². The highest BCUT2D eigenvalue weighted by Crippen LogP contribution is 2.26. The number of thioether (sulfide) groups is 1. The van der Waals surface area contributed by atoms with Crippen LogP contribution < -0.4 is 5.32 Å². The maximum absolute atomic E-state index is 12.4. The molecule has 9 heteroatoms. The number of benzene rings is 1. The number of esters is 1. The van der Waals surface area contributed by atoms with E-state index in [1.54, 1.807) is 0 Å². The van der Waals surface area contributed by atoms with Crippen molar-refractivity contribution in [2.75, 3.05) is 12.9 Å². The van der Waals surface area contributed by atoms with E-state index in [9.17, 15) is 9.59 Å². The molecule has 2 atom stereocenters. The van der Waals surface area contributed by atoms with E-state index in [1.165, 1.54) is 18.9 Å². The van der Waals surface area contributed by atoms with Gasteiger partial charge in [0, 0.05) is 11.9 Å². The average molecular weight is 416 g/mol. The zero-order chi connectivity index (χ0) is 21.0. The predicted octanol–water partition coefficient (Wildman–Crippen LogP) is 2.80. The van der Waals surface area contributed by atoms with Gasteiger partial charge in [0.15, 0.2) is 5.65 Å². The van der Waals surface area contributed by atoms with Gasteiger partial charge in [0.25, 0.3) is 0 Å². The lowest BCUT2D eigenvalue weighted by atomic mass is 9.99. The van der Waals surface area contributed by atoms with Crippen LogP contribution in [0.1, 0.15) is 27.2 Å². The summed E-state index contributed by atoms with van der Waals surface area (Å²) in [5, 5.41) is 12.7. The third kappa shape index (κ3) is 4.34. The van der Waals surface area contributed by atoms with Crippen LogP contribution in [0.4, 0.5) is 0 Å². The van der Waals surface area contributed by atoms with Gasteiger partial charge in [0.2, 0.25) is 11.1 Å². The van der Waals surface area contributed by atoms with Crippen molar-refractivity contribution < 1.29 is 14.3 Å². The first-order valence-electron chi connectivity index (χ1n) is 9.61. The zero-order valence-corrected chi connectivity index (χ0v) is 17.8. The van der Waals surface area contributed by atoms with E-state index in [4.69, 9.17) is 4.74 Å². The van der Waals surface area contributed by atoms with Crippen molar-refractivity contribution in [2.45, 2.75) is 44.9 Å². The van der Waals surface area contributed by atoms with Gasteiger partial charge in [0.1, 0.15) is 11.6 Å². The minimum atomic E-state index is -0.665. The van der Waals surface area contributed by atoms with Gasteiger partial charge in [-0.3, -0.25) is 4.79 Å². The van der Waals surface area contributed by atoms with Crippen LogP contribution in [-0.2, 0) is 20.9 Å². The van der Waals surface area contributed by atoms with Gasteiger partial charge in [-0.05, 0) is 18.9 Å². The summed E-state index contributed by atoms with van der Waals surface area (Å²) in [5.74, 6) is -0.649. The van der Waals surface area contributed by atoms with E-state index in [0.29, 0.717) is 5.16 Å². The molecule has 0 aliphatic carbocycles. The summed E-state index contributed by atoms with van der Waals surface area (Å²) < 4.78 is 6.89. The predicted molar refractivity (Wildman–Crippen MR) is 113 cm³/mol. The molecule has 0 saturated heterocycles. The van der Waals surface area contributed by atoms with Gasteiger partial charge in [-0.1, -0.05) is 50.2 Å². The second-order valence-corrected chi connectivity index (χ2v) is 7.71. The molecule has 0 bridgehead atoms. The molecule has 0 aliphatic rings. The average Bonchev–Trinajstić information content (AvgIpc) is 3.07. The zero-order valence-electron chi connectivity index (χ0n) is 17.0. The maximum Gasteiger partial charge on any atom is 0.328 e. The Morgan fingerprint density at radius 1 is 1.24 bits per heavy atom. The van der Waals surface area contributed by atoms with Gasteiger partial charge in [-0.15, -0.1) is 10.2 Å². The molecule has 1 N–H and O–H groups in total. The Balaban J connectivity index is 1.76. The molecule has 0 unspecified atom stereocenters. The summed E-state index contributed by atoms with van der Waals surface area (Å²) in [4.78, 5) is 28.9. The Bertz CT molecular complexity index is 1040. The molecule has 1 amide bonds. The second-order valence-electron chi connectivity index (χ2n) is 6.77. The molecule has 8 nitrogen and oxygen atoms in total. The number of aromatic nitrogens is 4. The van der Waals surface area contributed by atoms with Crippen molar-refractivity contribution in [1.82, 2.24) is 25.1 Å². The van der Waals surface area contributed by atoms with Gasteiger partial charge in [-0.2, -0.15) is 0 Å². The molecule has 154 valence electrons. The van der Waals surface area contributed by atoms with Crippen LogP contribution in [0.15, 0.2) is 29.4 Å². The number of methoxy groups -OCH3 is 1. The van der Waals surface area contributed by atoms with Gasteiger partial charge in [0.05, 0.1) is 18.4 Å². The van der Waals surface area contributed by atoms with Crippen LogP contribution in [0.2, 0.25) is 0 Å². The van der Waals surface area contributed by atoms with E-state index in [1.807, 2.05) is 38.1 Å². The fourth-order valence-electron chi connectivity index (χ4n) is 3.21. The van der Waals surface area contributed by atoms with Crippen LogP contribution in [0.25, 0.3) is 22.1 Å². The second kappa shape index (κ2) is 9.21. The van der Waals surface area contributed by atoms with Crippen LogP contribution in [0, 0.1) is 5.92 Å². The fourth-order valence-corrected chi connectivity index (χ4v) is 3.80. The first kappa shape index (κ1) is 21.0. The number of hydrogen-bond donors (Lipinski definition) is 1. The normalized spacial score (nSPS) is 13.4. The number of carbonyl (C=O) groups is 2. The van der Waals surface area contributed by atoms with Crippen molar-refractivity contribution in [3.8, 4) is 0 Å². The molecule has 0 radical (unpaired) electrons. The number of amides is 1. The quantitative estimate of drug-likeness (QED) is 0.446. The van der Waals surface area contributed by atoms with Crippen LogP contribution >= 0.6 is 11.8 Å². The van der Waals surface area contributed by atoms with Crippen molar-refractivity contribution in [1.29, 1.82) is 0 Å². The molecule has 2 aromatic heterocycles. The minimum absolute atomic E-state index is 0.0223.